The smallest absolute Gasteiger partial charge is 0.221 e. The standard InChI is InChI=1S/C22H26N4O2/c1-15-19-6-4-5-7-20(19)28-21(15)14-25-22(23-3)24-13-12-17-8-10-18(11-9-17)26-16(2)27/h4-11H,12-14H2,1-3H3,(H,26,27)(H2,23,24,25). The number of aryl methyl sites for hydroxylation is 1. The van der Waals surface area contributed by atoms with Gasteiger partial charge in [-0.15, -0.1) is 0 Å². The van der Waals surface area contributed by atoms with Crippen LogP contribution < -0.4 is 16.0 Å². The van der Waals surface area contributed by atoms with E-state index in [1.165, 1.54) is 12.5 Å². The van der Waals surface area contributed by atoms with Crippen molar-refractivity contribution in [2.75, 3.05) is 18.9 Å². The number of nitrogens with zero attached hydrogens (tertiary/aromatic N) is 1. The SMILES string of the molecule is CN=C(NCCc1ccc(NC(C)=O)cc1)NCc1oc2ccccc2c1C. The lowest BCUT2D eigenvalue weighted by Crippen LogP contribution is -2.37. The maximum absolute atomic E-state index is 11.1. The summed E-state index contributed by atoms with van der Waals surface area (Å²) in [4.78, 5) is 15.3. The number of carbonyl (C=O) groups is 1. The Labute approximate surface area is 165 Å². The second kappa shape index (κ2) is 9.08. The molecule has 1 aromatic heterocycles. The highest BCUT2D eigenvalue weighted by Gasteiger charge is 2.10. The van der Waals surface area contributed by atoms with E-state index in [1.54, 1.807) is 7.05 Å². The van der Waals surface area contributed by atoms with Crippen LogP contribution in [0.4, 0.5) is 5.69 Å². The van der Waals surface area contributed by atoms with Gasteiger partial charge in [-0.05, 0) is 37.1 Å². The third-order valence-electron chi connectivity index (χ3n) is 4.56. The zero-order valence-corrected chi connectivity index (χ0v) is 16.5. The number of furan rings is 1. The van der Waals surface area contributed by atoms with E-state index in [9.17, 15) is 4.79 Å². The summed E-state index contributed by atoms with van der Waals surface area (Å²) in [6, 6.07) is 15.9. The molecule has 0 aliphatic carbocycles. The molecule has 146 valence electrons. The van der Waals surface area contributed by atoms with Crippen molar-refractivity contribution < 1.29 is 9.21 Å². The second-order valence-corrected chi connectivity index (χ2v) is 6.63. The summed E-state index contributed by atoms with van der Waals surface area (Å²) in [6.07, 6.45) is 0.852. The van der Waals surface area contributed by atoms with Crippen molar-refractivity contribution in [1.82, 2.24) is 10.6 Å². The van der Waals surface area contributed by atoms with Crippen molar-refractivity contribution in [2.24, 2.45) is 4.99 Å². The van der Waals surface area contributed by atoms with Gasteiger partial charge in [-0.2, -0.15) is 0 Å². The second-order valence-electron chi connectivity index (χ2n) is 6.63. The molecule has 0 fully saturated rings. The van der Waals surface area contributed by atoms with Gasteiger partial charge < -0.3 is 20.4 Å². The van der Waals surface area contributed by atoms with Crippen LogP contribution in [0.3, 0.4) is 0 Å². The number of rotatable bonds is 6. The maximum atomic E-state index is 11.1. The Bertz CT molecular complexity index is 974. The molecule has 28 heavy (non-hydrogen) atoms. The molecule has 3 aromatic rings. The van der Waals surface area contributed by atoms with Gasteiger partial charge >= 0.3 is 0 Å². The molecular weight excluding hydrogens is 352 g/mol. The molecule has 0 aliphatic rings. The molecule has 6 heteroatoms. The van der Waals surface area contributed by atoms with E-state index in [-0.39, 0.29) is 5.91 Å². The summed E-state index contributed by atoms with van der Waals surface area (Å²) in [6.45, 7) is 4.90. The Morgan fingerprint density at radius 2 is 1.82 bits per heavy atom. The van der Waals surface area contributed by atoms with Crippen LogP contribution in [0.15, 0.2) is 57.9 Å². The van der Waals surface area contributed by atoms with Crippen LogP contribution in [0.5, 0.6) is 0 Å². The maximum Gasteiger partial charge on any atom is 0.221 e. The first-order valence-corrected chi connectivity index (χ1v) is 9.35. The molecule has 1 amide bonds. The molecule has 0 radical (unpaired) electrons. The number of benzene rings is 2. The molecule has 6 nitrogen and oxygen atoms in total. The predicted octanol–water partition coefficient (Wildman–Crippen LogP) is 3.61. The number of para-hydroxylation sites is 1. The van der Waals surface area contributed by atoms with Gasteiger partial charge in [0, 0.05) is 37.2 Å². The number of guanidine groups is 1. The van der Waals surface area contributed by atoms with Crippen LogP contribution in [0.25, 0.3) is 11.0 Å². The molecule has 1 heterocycles. The van der Waals surface area contributed by atoms with E-state index in [0.29, 0.717) is 6.54 Å². The van der Waals surface area contributed by atoms with Gasteiger partial charge in [0.15, 0.2) is 5.96 Å². The summed E-state index contributed by atoms with van der Waals surface area (Å²) in [7, 11) is 1.75. The third kappa shape index (κ3) is 4.91. The Morgan fingerprint density at radius 3 is 2.50 bits per heavy atom. The van der Waals surface area contributed by atoms with Crippen LogP contribution in [-0.4, -0.2) is 25.5 Å². The average Bonchev–Trinajstić information content (AvgIpc) is 3.01. The normalized spacial score (nSPS) is 11.5. The highest BCUT2D eigenvalue weighted by atomic mass is 16.3. The number of hydrogen-bond acceptors (Lipinski definition) is 3. The fraction of sp³-hybridized carbons (Fsp3) is 0.273. The summed E-state index contributed by atoms with van der Waals surface area (Å²) < 4.78 is 5.93. The third-order valence-corrected chi connectivity index (χ3v) is 4.56. The Balaban J connectivity index is 1.49. The monoisotopic (exact) mass is 378 g/mol. The molecule has 0 unspecified atom stereocenters. The van der Waals surface area contributed by atoms with Crippen molar-refractivity contribution in [3.8, 4) is 0 Å². The number of fused-ring (bicyclic) bond motifs is 1. The van der Waals surface area contributed by atoms with E-state index in [2.05, 4.69) is 33.9 Å². The largest absolute Gasteiger partial charge is 0.459 e. The first-order chi connectivity index (χ1) is 13.6. The van der Waals surface area contributed by atoms with E-state index in [4.69, 9.17) is 4.42 Å². The molecule has 0 saturated heterocycles. The first-order valence-electron chi connectivity index (χ1n) is 9.35. The molecule has 2 aromatic carbocycles. The lowest BCUT2D eigenvalue weighted by atomic mass is 10.1. The minimum atomic E-state index is -0.0658. The summed E-state index contributed by atoms with van der Waals surface area (Å²) in [5.41, 5.74) is 4.05. The molecule has 3 N–H and O–H groups in total. The fourth-order valence-electron chi connectivity index (χ4n) is 3.06. The van der Waals surface area contributed by atoms with Gasteiger partial charge in [0.25, 0.3) is 0 Å². The summed E-state index contributed by atoms with van der Waals surface area (Å²) in [5, 5.41) is 10.5. The quantitative estimate of drug-likeness (QED) is 0.452. The summed E-state index contributed by atoms with van der Waals surface area (Å²) in [5.74, 6) is 1.58. The Kier molecular flexibility index (Phi) is 6.32. The van der Waals surface area contributed by atoms with Crippen molar-refractivity contribution >= 4 is 28.5 Å². The first kappa shape index (κ1) is 19.5. The van der Waals surface area contributed by atoms with Crippen molar-refractivity contribution in [1.29, 1.82) is 0 Å². The zero-order chi connectivity index (χ0) is 19.9. The van der Waals surface area contributed by atoms with Crippen LogP contribution in [0.2, 0.25) is 0 Å². The average molecular weight is 378 g/mol. The zero-order valence-electron chi connectivity index (χ0n) is 16.5. The highest BCUT2D eigenvalue weighted by Crippen LogP contribution is 2.24. The number of hydrogen-bond donors (Lipinski definition) is 3. The number of amides is 1. The van der Waals surface area contributed by atoms with Crippen LogP contribution in [0.1, 0.15) is 23.8 Å². The highest BCUT2D eigenvalue weighted by molar-refractivity contribution is 5.88. The number of carbonyl (C=O) groups excluding carboxylic acids is 1. The lowest BCUT2D eigenvalue weighted by molar-refractivity contribution is -0.114. The minimum Gasteiger partial charge on any atom is -0.459 e. The van der Waals surface area contributed by atoms with Crippen LogP contribution >= 0.6 is 0 Å². The van der Waals surface area contributed by atoms with Gasteiger partial charge in [0.1, 0.15) is 11.3 Å². The fourth-order valence-corrected chi connectivity index (χ4v) is 3.06. The lowest BCUT2D eigenvalue weighted by Gasteiger charge is -2.11. The minimum absolute atomic E-state index is 0.0658. The Morgan fingerprint density at radius 1 is 1.07 bits per heavy atom. The molecule has 0 bridgehead atoms. The van der Waals surface area contributed by atoms with Crippen LogP contribution in [0, 0.1) is 6.92 Å². The summed E-state index contributed by atoms with van der Waals surface area (Å²) >= 11 is 0. The van der Waals surface area contributed by atoms with Gasteiger partial charge in [-0.25, -0.2) is 0 Å². The van der Waals surface area contributed by atoms with E-state index in [0.717, 1.165) is 46.9 Å². The van der Waals surface area contributed by atoms with Crippen molar-refractivity contribution in [2.45, 2.75) is 26.8 Å². The van der Waals surface area contributed by atoms with Crippen molar-refractivity contribution in [3.05, 3.63) is 65.4 Å². The molecular formula is C22H26N4O2. The van der Waals surface area contributed by atoms with E-state index < -0.39 is 0 Å². The van der Waals surface area contributed by atoms with E-state index >= 15 is 0 Å². The number of aliphatic imine (C=N–C) groups is 1. The van der Waals surface area contributed by atoms with Gasteiger partial charge in [-0.3, -0.25) is 9.79 Å². The van der Waals surface area contributed by atoms with E-state index in [1.807, 2.05) is 42.5 Å². The molecule has 3 rings (SSSR count). The van der Waals surface area contributed by atoms with Crippen LogP contribution in [-0.2, 0) is 17.8 Å². The van der Waals surface area contributed by atoms with Gasteiger partial charge in [0.05, 0.1) is 6.54 Å². The van der Waals surface area contributed by atoms with Gasteiger partial charge in [-0.1, -0.05) is 30.3 Å². The Hall–Kier alpha value is -3.28. The molecule has 0 atom stereocenters. The molecule has 0 saturated carbocycles. The predicted molar refractivity (Wildman–Crippen MR) is 114 cm³/mol. The van der Waals surface area contributed by atoms with Crippen molar-refractivity contribution in [3.63, 3.8) is 0 Å². The number of nitrogens with one attached hydrogen (secondary N) is 3. The van der Waals surface area contributed by atoms with Gasteiger partial charge in [0.2, 0.25) is 5.91 Å². The molecule has 0 spiro atoms. The molecule has 0 aliphatic heterocycles. The topological polar surface area (TPSA) is 78.7 Å². The number of anilines is 1.